The van der Waals surface area contributed by atoms with Gasteiger partial charge in [0.2, 0.25) is 11.8 Å². The topological polar surface area (TPSA) is 49.4 Å². The van der Waals surface area contributed by atoms with Crippen LogP contribution in [0, 0.1) is 0 Å². The molecule has 0 bridgehead atoms. The number of para-hydroxylation sites is 1. The molecule has 0 radical (unpaired) electrons. The van der Waals surface area contributed by atoms with Gasteiger partial charge in [-0.1, -0.05) is 39.0 Å². The number of rotatable bonds is 3. The summed E-state index contributed by atoms with van der Waals surface area (Å²) in [7, 11) is 0. The van der Waals surface area contributed by atoms with Gasteiger partial charge in [-0.05, 0) is 29.9 Å². The van der Waals surface area contributed by atoms with Crippen molar-refractivity contribution in [1.82, 2.24) is 4.90 Å². The Morgan fingerprint density at radius 2 is 1.95 bits per heavy atom. The zero-order valence-electron chi connectivity index (χ0n) is 13.1. The summed E-state index contributed by atoms with van der Waals surface area (Å²) >= 11 is 0. The van der Waals surface area contributed by atoms with Crippen LogP contribution in [0.1, 0.15) is 45.6 Å². The molecule has 0 aliphatic carbocycles. The third kappa shape index (κ3) is 4.06. The summed E-state index contributed by atoms with van der Waals surface area (Å²) in [6, 6.07) is 7.83. The van der Waals surface area contributed by atoms with Gasteiger partial charge in [-0.25, -0.2) is 0 Å². The minimum Gasteiger partial charge on any atom is -0.333 e. The number of hydrogen-bond donors (Lipinski definition) is 1. The number of carbonyl (C=O) groups is 2. The molecule has 1 aromatic rings. The van der Waals surface area contributed by atoms with Crippen LogP contribution >= 0.6 is 0 Å². The quantitative estimate of drug-likeness (QED) is 0.929. The first-order chi connectivity index (χ1) is 9.88. The van der Waals surface area contributed by atoms with Gasteiger partial charge < -0.3 is 10.2 Å². The van der Waals surface area contributed by atoms with Crippen LogP contribution in [-0.2, 0) is 15.0 Å². The molecule has 0 unspecified atom stereocenters. The number of nitrogens with zero attached hydrogens (tertiary/aromatic N) is 1. The molecule has 4 heteroatoms. The molecule has 1 fully saturated rings. The molecule has 1 aliphatic rings. The molecule has 21 heavy (non-hydrogen) atoms. The van der Waals surface area contributed by atoms with Gasteiger partial charge in [0.05, 0.1) is 6.54 Å². The lowest BCUT2D eigenvalue weighted by Crippen LogP contribution is -2.41. The number of nitrogens with one attached hydrogen (secondary N) is 1. The average Bonchev–Trinajstić information content (AvgIpc) is 2.41. The standard InChI is InChI=1S/C17H24N2O2/c1-17(2,3)13-8-4-5-9-14(13)18-15(20)12-19-11-7-6-10-16(19)21/h4-5,8-9H,6-7,10-12H2,1-3H3,(H,18,20). The normalized spacial score (nSPS) is 16.0. The molecule has 2 amide bonds. The minimum atomic E-state index is -0.123. The van der Waals surface area contributed by atoms with Gasteiger partial charge in [-0.2, -0.15) is 0 Å². The first-order valence-electron chi connectivity index (χ1n) is 7.55. The predicted octanol–water partition coefficient (Wildman–Crippen LogP) is 2.94. The van der Waals surface area contributed by atoms with Crippen LogP contribution in [-0.4, -0.2) is 29.8 Å². The molecule has 1 N–H and O–H groups in total. The Labute approximate surface area is 126 Å². The summed E-state index contributed by atoms with van der Waals surface area (Å²) < 4.78 is 0. The molecule has 1 aromatic carbocycles. The van der Waals surface area contributed by atoms with Crippen molar-refractivity contribution in [3.8, 4) is 0 Å². The van der Waals surface area contributed by atoms with Crippen molar-refractivity contribution >= 4 is 17.5 Å². The molecule has 1 heterocycles. The van der Waals surface area contributed by atoms with E-state index in [0.29, 0.717) is 13.0 Å². The fourth-order valence-electron chi connectivity index (χ4n) is 2.64. The van der Waals surface area contributed by atoms with E-state index in [0.717, 1.165) is 24.1 Å². The zero-order chi connectivity index (χ0) is 15.5. The molecule has 0 spiro atoms. The predicted molar refractivity (Wildman–Crippen MR) is 84.2 cm³/mol. The second-order valence-electron chi connectivity index (χ2n) is 6.62. The van der Waals surface area contributed by atoms with Crippen molar-refractivity contribution < 1.29 is 9.59 Å². The van der Waals surface area contributed by atoms with Crippen molar-refractivity contribution in [2.24, 2.45) is 0 Å². The smallest absolute Gasteiger partial charge is 0.244 e. The molecular weight excluding hydrogens is 264 g/mol. The Bertz CT molecular complexity index is 532. The largest absolute Gasteiger partial charge is 0.333 e. The van der Waals surface area contributed by atoms with Crippen LogP contribution in [0.3, 0.4) is 0 Å². The van der Waals surface area contributed by atoms with Crippen molar-refractivity contribution in [1.29, 1.82) is 0 Å². The zero-order valence-corrected chi connectivity index (χ0v) is 13.1. The van der Waals surface area contributed by atoms with Crippen molar-refractivity contribution in [3.05, 3.63) is 29.8 Å². The highest BCUT2D eigenvalue weighted by atomic mass is 16.2. The van der Waals surface area contributed by atoms with Gasteiger partial charge in [0.15, 0.2) is 0 Å². The van der Waals surface area contributed by atoms with Gasteiger partial charge >= 0.3 is 0 Å². The number of hydrogen-bond acceptors (Lipinski definition) is 2. The van der Waals surface area contributed by atoms with Crippen LogP contribution in [0.15, 0.2) is 24.3 Å². The van der Waals surface area contributed by atoms with Crippen LogP contribution in [0.4, 0.5) is 5.69 Å². The lowest BCUT2D eigenvalue weighted by atomic mass is 9.86. The number of amides is 2. The fourth-order valence-corrected chi connectivity index (χ4v) is 2.64. The van der Waals surface area contributed by atoms with Gasteiger partial charge in [0, 0.05) is 18.7 Å². The number of anilines is 1. The summed E-state index contributed by atoms with van der Waals surface area (Å²) in [6.45, 7) is 7.19. The van der Waals surface area contributed by atoms with Crippen LogP contribution in [0.2, 0.25) is 0 Å². The van der Waals surface area contributed by atoms with E-state index in [1.165, 1.54) is 0 Å². The first kappa shape index (κ1) is 15.5. The number of likely N-dealkylation sites (tertiary alicyclic amines) is 1. The maximum atomic E-state index is 12.2. The van der Waals surface area contributed by atoms with E-state index in [1.54, 1.807) is 4.90 Å². The van der Waals surface area contributed by atoms with E-state index in [1.807, 2.05) is 24.3 Å². The molecular formula is C17H24N2O2. The fraction of sp³-hybridized carbons (Fsp3) is 0.529. The maximum Gasteiger partial charge on any atom is 0.244 e. The van der Waals surface area contributed by atoms with E-state index < -0.39 is 0 Å². The maximum absolute atomic E-state index is 12.2. The van der Waals surface area contributed by atoms with Crippen LogP contribution in [0.5, 0.6) is 0 Å². The van der Waals surface area contributed by atoms with Gasteiger partial charge in [0.1, 0.15) is 0 Å². The van der Waals surface area contributed by atoms with Crippen LogP contribution < -0.4 is 5.32 Å². The van der Waals surface area contributed by atoms with Crippen LogP contribution in [0.25, 0.3) is 0 Å². The van der Waals surface area contributed by atoms with Gasteiger partial charge in [-0.15, -0.1) is 0 Å². The second kappa shape index (κ2) is 6.29. The summed E-state index contributed by atoms with van der Waals surface area (Å²) in [5.41, 5.74) is 1.90. The highest BCUT2D eigenvalue weighted by Crippen LogP contribution is 2.29. The Balaban J connectivity index is 2.05. The molecule has 114 valence electrons. The third-order valence-electron chi connectivity index (χ3n) is 3.77. The average molecular weight is 288 g/mol. The summed E-state index contributed by atoms with van der Waals surface area (Å²) in [6.07, 6.45) is 2.48. The number of carbonyl (C=O) groups excluding carboxylic acids is 2. The summed E-state index contributed by atoms with van der Waals surface area (Å²) in [5.74, 6) is -0.0394. The Morgan fingerprint density at radius 1 is 1.24 bits per heavy atom. The molecule has 0 saturated carbocycles. The molecule has 1 aliphatic heterocycles. The van der Waals surface area contributed by atoms with Crippen molar-refractivity contribution in [3.63, 3.8) is 0 Å². The Hall–Kier alpha value is -1.84. The molecule has 1 saturated heterocycles. The lowest BCUT2D eigenvalue weighted by Gasteiger charge is -2.27. The Morgan fingerprint density at radius 3 is 2.62 bits per heavy atom. The van der Waals surface area contributed by atoms with Gasteiger partial charge in [-0.3, -0.25) is 9.59 Å². The third-order valence-corrected chi connectivity index (χ3v) is 3.77. The SMILES string of the molecule is CC(C)(C)c1ccccc1NC(=O)CN1CCCCC1=O. The minimum absolute atomic E-state index is 0.0369. The van der Waals surface area contributed by atoms with E-state index in [4.69, 9.17) is 0 Å². The van der Waals surface area contributed by atoms with E-state index in [9.17, 15) is 9.59 Å². The number of piperidine rings is 1. The molecule has 4 nitrogen and oxygen atoms in total. The Kier molecular flexibility index (Phi) is 4.66. The molecule has 2 rings (SSSR count). The highest BCUT2D eigenvalue weighted by molar-refractivity contribution is 5.95. The molecule has 0 aromatic heterocycles. The van der Waals surface area contributed by atoms with Gasteiger partial charge in [0.25, 0.3) is 0 Å². The van der Waals surface area contributed by atoms with E-state index in [-0.39, 0.29) is 23.8 Å². The summed E-state index contributed by atoms with van der Waals surface area (Å²) in [5, 5.41) is 2.95. The van der Waals surface area contributed by atoms with E-state index in [2.05, 4.69) is 26.1 Å². The second-order valence-corrected chi connectivity index (χ2v) is 6.62. The first-order valence-corrected chi connectivity index (χ1v) is 7.55. The number of benzene rings is 1. The highest BCUT2D eigenvalue weighted by Gasteiger charge is 2.22. The lowest BCUT2D eigenvalue weighted by molar-refractivity contribution is -0.136. The summed E-state index contributed by atoms with van der Waals surface area (Å²) in [4.78, 5) is 25.6. The monoisotopic (exact) mass is 288 g/mol. The van der Waals surface area contributed by atoms with Crippen molar-refractivity contribution in [2.45, 2.75) is 45.4 Å². The van der Waals surface area contributed by atoms with Crippen molar-refractivity contribution in [2.75, 3.05) is 18.4 Å². The van der Waals surface area contributed by atoms with E-state index >= 15 is 0 Å². The molecule has 0 atom stereocenters.